The molecule has 0 bridgehead atoms. The van der Waals surface area contributed by atoms with Gasteiger partial charge in [0.1, 0.15) is 5.82 Å². The van der Waals surface area contributed by atoms with E-state index in [4.69, 9.17) is 5.73 Å². The van der Waals surface area contributed by atoms with Crippen LogP contribution in [0.15, 0.2) is 24.3 Å². The van der Waals surface area contributed by atoms with Gasteiger partial charge in [-0.3, -0.25) is 0 Å². The average Bonchev–Trinajstić information content (AvgIpc) is 2.96. The Morgan fingerprint density at radius 3 is 2.68 bits per heavy atom. The Bertz CT molecular complexity index is 423. The van der Waals surface area contributed by atoms with E-state index in [2.05, 4.69) is 4.90 Å². The molecule has 1 saturated heterocycles. The topological polar surface area (TPSA) is 29.3 Å². The van der Waals surface area contributed by atoms with E-state index in [1.165, 1.54) is 38.4 Å². The van der Waals surface area contributed by atoms with Crippen molar-refractivity contribution in [2.24, 2.45) is 17.6 Å². The van der Waals surface area contributed by atoms with Gasteiger partial charge in [-0.25, -0.2) is 4.39 Å². The molecule has 104 valence electrons. The van der Waals surface area contributed by atoms with Crippen molar-refractivity contribution in [2.45, 2.75) is 31.7 Å². The van der Waals surface area contributed by atoms with Crippen LogP contribution in [0.3, 0.4) is 0 Å². The number of halogens is 1. The summed E-state index contributed by atoms with van der Waals surface area (Å²) in [6.07, 6.45) is 5.17. The molecule has 0 aromatic heterocycles. The first kappa shape index (κ1) is 13.1. The molecule has 1 aliphatic carbocycles. The monoisotopic (exact) mass is 262 g/mol. The predicted molar refractivity (Wildman–Crippen MR) is 75.2 cm³/mol. The SMILES string of the molecule is NC(CCN1CC2CCCC2C1)c1cccc(F)c1. The van der Waals surface area contributed by atoms with Crippen molar-refractivity contribution < 1.29 is 4.39 Å². The second-order valence-electron chi connectivity index (χ2n) is 6.16. The van der Waals surface area contributed by atoms with E-state index in [0.29, 0.717) is 0 Å². The quantitative estimate of drug-likeness (QED) is 0.904. The molecule has 2 nitrogen and oxygen atoms in total. The van der Waals surface area contributed by atoms with Gasteiger partial charge in [-0.15, -0.1) is 0 Å². The summed E-state index contributed by atoms with van der Waals surface area (Å²) < 4.78 is 13.2. The Hall–Kier alpha value is -0.930. The molecule has 2 aliphatic rings. The lowest BCUT2D eigenvalue weighted by Crippen LogP contribution is -2.26. The van der Waals surface area contributed by atoms with Gasteiger partial charge in [-0.2, -0.15) is 0 Å². The summed E-state index contributed by atoms with van der Waals surface area (Å²) in [5.41, 5.74) is 7.08. The molecular formula is C16H23FN2. The summed E-state index contributed by atoms with van der Waals surface area (Å²) in [6, 6.07) is 6.65. The molecule has 1 heterocycles. The van der Waals surface area contributed by atoms with Crippen LogP contribution in [0.5, 0.6) is 0 Å². The predicted octanol–water partition coefficient (Wildman–Crippen LogP) is 2.95. The molecule has 1 aromatic rings. The molecule has 2 N–H and O–H groups in total. The number of nitrogens with two attached hydrogens (primary N) is 1. The van der Waals surface area contributed by atoms with Crippen LogP contribution in [0.25, 0.3) is 0 Å². The van der Waals surface area contributed by atoms with Crippen molar-refractivity contribution in [2.75, 3.05) is 19.6 Å². The highest BCUT2D eigenvalue weighted by molar-refractivity contribution is 5.19. The molecule has 1 aliphatic heterocycles. The smallest absolute Gasteiger partial charge is 0.123 e. The van der Waals surface area contributed by atoms with Crippen LogP contribution in [-0.2, 0) is 0 Å². The van der Waals surface area contributed by atoms with Crippen LogP contribution in [0.4, 0.5) is 4.39 Å². The highest BCUT2D eigenvalue weighted by atomic mass is 19.1. The average molecular weight is 262 g/mol. The van der Waals surface area contributed by atoms with E-state index in [1.54, 1.807) is 12.1 Å². The lowest BCUT2D eigenvalue weighted by Gasteiger charge is -2.19. The maximum Gasteiger partial charge on any atom is 0.123 e. The molecule has 19 heavy (non-hydrogen) atoms. The summed E-state index contributed by atoms with van der Waals surface area (Å²) in [6.45, 7) is 3.55. The van der Waals surface area contributed by atoms with Gasteiger partial charge in [0.05, 0.1) is 0 Å². The Morgan fingerprint density at radius 1 is 1.26 bits per heavy atom. The van der Waals surface area contributed by atoms with Gasteiger partial charge in [0.2, 0.25) is 0 Å². The third-order valence-corrected chi connectivity index (χ3v) is 4.84. The zero-order chi connectivity index (χ0) is 13.2. The second kappa shape index (κ2) is 5.59. The molecule has 2 fully saturated rings. The number of fused-ring (bicyclic) bond motifs is 1. The van der Waals surface area contributed by atoms with Crippen molar-refractivity contribution >= 4 is 0 Å². The first-order valence-corrected chi connectivity index (χ1v) is 7.46. The van der Waals surface area contributed by atoms with Crippen LogP contribution < -0.4 is 5.73 Å². The fourth-order valence-electron chi connectivity index (χ4n) is 3.74. The minimum absolute atomic E-state index is 0.0452. The Labute approximate surface area is 114 Å². The van der Waals surface area contributed by atoms with Gasteiger partial charge in [0, 0.05) is 19.1 Å². The van der Waals surface area contributed by atoms with Gasteiger partial charge in [-0.1, -0.05) is 18.6 Å². The normalized spacial score (nSPS) is 28.5. The van der Waals surface area contributed by atoms with E-state index in [1.807, 2.05) is 6.07 Å². The maximum atomic E-state index is 13.2. The molecule has 1 saturated carbocycles. The van der Waals surface area contributed by atoms with Crippen molar-refractivity contribution in [3.63, 3.8) is 0 Å². The van der Waals surface area contributed by atoms with Crippen molar-refractivity contribution in [1.29, 1.82) is 0 Å². The fraction of sp³-hybridized carbons (Fsp3) is 0.625. The number of hydrogen-bond acceptors (Lipinski definition) is 2. The lowest BCUT2D eigenvalue weighted by atomic mass is 10.0. The largest absolute Gasteiger partial charge is 0.324 e. The van der Waals surface area contributed by atoms with E-state index >= 15 is 0 Å². The molecule has 0 radical (unpaired) electrons. The molecule has 1 aromatic carbocycles. The molecule has 0 spiro atoms. The maximum absolute atomic E-state index is 13.2. The van der Waals surface area contributed by atoms with Gasteiger partial charge in [0.25, 0.3) is 0 Å². The third-order valence-electron chi connectivity index (χ3n) is 4.84. The summed E-state index contributed by atoms with van der Waals surface area (Å²) in [5, 5.41) is 0. The highest BCUT2D eigenvalue weighted by Crippen LogP contribution is 2.37. The molecule has 3 atom stereocenters. The first-order chi connectivity index (χ1) is 9.22. The van der Waals surface area contributed by atoms with Gasteiger partial charge in [-0.05, 0) is 55.3 Å². The first-order valence-electron chi connectivity index (χ1n) is 7.46. The minimum atomic E-state index is -0.191. The minimum Gasteiger partial charge on any atom is -0.324 e. The van der Waals surface area contributed by atoms with E-state index in [-0.39, 0.29) is 11.9 Å². The Morgan fingerprint density at radius 2 is 2.00 bits per heavy atom. The highest BCUT2D eigenvalue weighted by Gasteiger charge is 2.35. The number of likely N-dealkylation sites (tertiary alicyclic amines) is 1. The number of benzene rings is 1. The van der Waals surface area contributed by atoms with Crippen molar-refractivity contribution in [3.05, 3.63) is 35.6 Å². The molecular weight excluding hydrogens is 239 g/mol. The third kappa shape index (κ3) is 2.98. The molecule has 3 rings (SSSR count). The zero-order valence-electron chi connectivity index (χ0n) is 11.4. The summed E-state index contributed by atoms with van der Waals surface area (Å²) in [5.74, 6) is 1.68. The number of rotatable bonds is 4. The van der Waals surface area contributed by atoms with Crippen LogP contribution in [0, 0.1) is 17.7 Å². The van der Waals surface area contributed by atoms with Gasteiger partial charge in [0.15, 0.2) is 0 Å². The van der Waals surface area contributed by atoms with Gasteiger partial charge < -0.3 is 10.6 Å². The molecule has 3 unspecified atom stereocenters. The fourth-order valence-corrected chi connectivity index (χ4v) is 3.74. The van der Waals surface area contributed by atoms with E-state index in [0.717, 1.165) is 30.4 Å². The van der Waals surface area contributed by atoms with Gasteiger partial charge >= 0.3 is 0 Å². The number of hydrogen-bond donors (Lipinski definition) is 1. The van der Waals surface area contributed by atoms with Crippen LogP contribution in [-0.4, -0.2) is 24.5 Å². The molecule has 0 amide bonds. The van der Waals surface area contributed by atoms with Crippen LogP contribution >= 0.6 is 0 Å². The standard InChI is InChI=1S/C16H23FN2/c17-15-6-2-3-12(9-15)16(18)7-8-19-10-13-4-1-5-14(13)11-19/h2-3,6,9,13-14,16H,1,4-5,7-8,10-11,18H2. The second-order valence-corrected chi connectivity index (χ2v) is 6.16. The Kier molecular flexibility index (Phi) is 3.85. The van der Waals surface area contributed by atoms with Crippen molar-refractivity contribution in [1.82, 2.24) is 4.90 Å². The zero-order valence-corrected chi connectivity index (χ0v) is 11.4. The molecule has 3 heteroatoms. The van der Waals surface area contributed by atoms with Crippen molar-refractivity contribution in [3.8, 4) is 0 Å². The van der Waals surface area contributed by atoms with E-state index in [9.17, 15) is 4.39 Å². The summed E-state index contributed by atoms with van der Waals surface area (Å²) in [4.78, 5) is 2.55. The van der Waals surface area contributed by atoms with Crippen LogP contribution in [0.1, 0.15) is 37.3 Å². The lowest BCUT2D eigenvalue weighted by molar-refractivity contribution is 0.298. The van der Waals surface area contributed by atoms with E-state index < -0.39 is 0 Å². The summed E-state index contributed by atoms with van der Waals surface area (Å²) in [7, 11) is 0. The summed E-state index contributed by atoms with van der Waals surface area (Å²) >= 11 is 0. The number of nitrogens with zero attached hydrogens (tertiary/aromatic N) is 1. The Balaban J connectivity index is 1.50. The van der Waals surface area contributed by atoms with Crippen LogP contribution in [0.2, 0.25) is 0 Å².